The minimum atomic E-state index is -0.388. The maximum atomic E-state index is 14.0. The van der Waals surface area contributed by atoms with Crippen molar-refractivity contribution in [1.29, 1.82) is 0 Å². The molecule has 0 bridgehead atoms. The van der Waals surface area contributed by atoms with Crippen LogP contribution in [0, 0.1) is 5.82 Å². The number of benzene rings is 1. The third-order valence-electron chi connectivity index (χ3n) is 6.46. The van der Waals surface area contributed by atoms with Gasteiger partial charge in [-0.25, -0.2) is 9.07 Å². The molecule has 31 heavy (non-hydrogen) atoms. The summed E-state index contributed by atoms with van der Waals surface area (Å²) in [5, 5.41) is 4.15. The van der Waals surface area contributed by atoms with Crippen LogP contribution in [0.1, 0.15) is 42.5 Å². The first-order chi connectivity index (χ1) is 15.0. The molecule has 8 heteroatoms. The molecule has 0 unspecified atom stereocenters. The van der Waals surface area contributed by atoms with Crippen molar-refractivity contribution in [2.75, 3.05) is 39.8 Å². The van der Waals surface area contributed by atoms with E-state index in [0.717, 1.165) is 12.8 Å². The second-order valence-corrected chi connectivity index (χ2v) is 8.49. The number of hydrogen-bond donors (Lipinski definition) is 0. The Hall–Kier alpha value is -2.74. The summed E-state index contributed by atoms with van der Waals surface area (Å²) in [6, 6.07) is 6.70. The predicted octanol–water partition coefficient (Wildman–Crippen LogP) is 2.56. The van der Waals surface area contributed by atoms with Crippen molar-refractivity contribution >= 4 is 11.8 Å². The summed E-state index contributed by atoms with van der Waals surface area (Å²) in [7, 11) is 1.92. The number of halogens is 1. The van der Waals surface area contributed by atoms with E-state index in [0.29, 0.717) is 50.0 Å². The third kappa shape index (κ3) is 4.95. The second-order valence-electron chi connectivity index (χ2n) is 8.49. The van der Waals surface area contributed by atoms with E-state index < -0.39 is 0 Å². The van der Waals surface area contributed by atoms with Gasteiger partial charge in [-0.15, -0.1) is 0 Å². The first kappa shape index (κ1) is 21.5. The lowest BCUT2D eigenvalue weighted by Gasteiger charge is -2.36. The second kappa shape index (κ2) is 9.60. The molecule has 0 N–H and O–H groups in total. The molecule has 0 radical (unpaired) electrons. The first-order valence-electron chi connectivity index (χ1n) is 11.1. The van der Waals surface area contributed by atoms with Gasteiger partial charge in [0.1, 0.15) is 11.5 Å². The Bertz CT molecular complexity index is 916. The summed E-state index contributed by atoms with van der Waals surface area (Å²) < 4.78 is 15.4. The highest BCUT2D eigenvalue weighted by Crippen LogP contribution is 2.22. The topological polar surface area (TPSA) is 61.7 Å². The molecule has 1 aromatic carbocycles. The Morgan fingerprint density at radius 1 is 1.10 bits per heavy atom. The standard InChI is InChI=1S/C23H30FN5O2/c1-26(19-7-3-2-4-8-19)22(30)17-27-11-13-28(14-12-27)23(31)18-15-25-29(16-18)21-10-6-5-9-20(21)24/h5-6,9-10,15-16,19H,2-4,7-8,11-14,17H2,1H3. The van der Waals surface area contributed by atoms with E-state index in [4.69, 9.17) is 0 Å². The number of likely N-dealkylation sites (N-methyl/N-ethyl adjacent to an activating group) is 1. The van der Waals surface area contributed by atoms with Crippen LogP contribution in [0.3, 0.4) is 0 Å². The highest BCUT2D eigenvalue weighted by molar-refractivity contribution is 5.94. The third-order valence-corrected chi connectivity index (χ3v) is 6.46. The number of amides is 2. The molecule has 166 valence electrons. The summed E-state index contributed by atoms with van der Waals surface area (Å²) in [6.07, 6.45) is 8.93. The Balaban J connectivity index is 1.29. The van der Waals surface area contributed by atoms with Gasteiger partial charge in [-0.05, 0) is 25.0 Å². The zero-order valence-corrected chi connectivity index (χ0v) is 18.0. The molecule has 0 atom stereocenters. The number of piperazine rings is 1. The first-order valence-corrected chi connectivity index (χ1v) is 11.1. The molecule has 1 aliphatic heterocycles. The molecule has 2 amide bonds. The molecule has 2 fully saturated rings. The molecule has 1 saturated heterocycles. The van der Waals surface area contributed by atoms with Crippen molar-refractivity contribution in [3.05, 3.63) is 48.0 Å². The van der Waals surface area contributed by atoms with Crippen LogP contribution in [0.25, 0.3) is 5.69 Å². The van der Waals surface area contributed by atoms with E-state index in [1.54, 1.807) is 29.3 Å². The predicted molar refractivity (Wildman–Crippen MR) is 116 cm³/mol. The summed E-state index contributed by atoms with van der Waals surface area (Å²) >= 11 is 0. The Morgan fingerprint density at radius 2 is 1.81 bits per heavy atom. The molecular formula is C23H30FN5O2. The van der Waals surface area contributed by atoms with Gasteiger partial charge in [-0.3, -0.25) is 14.5 Å². The Labute approximate surface area is 182 Å². The molecule has 2 heterocycles. The monoisotopic (exact) mass is 427 g/mol. The van der Waals surface area contributed by atoms with Gasteiger partial charge < -0.3 is 9.80 Å². The van der Waals surface area contributed by atoms with Crippen molar-refractivity contribution in [3.63, 3.8) is 0 Å². The normalized spacial score (nSPS) is 18.2. The largest absolute Gasteiger partial charge is 0.342 e. The van der Waals surface area contributed by atoms with Gasteiger partial charge in [-0.2, -0.15) is 5.10 Å². The van der Waals surface area contributed by atoms with E-state index >= 15 is 0 Å². The summed E-state index contributed by atoms with van der Waals surface area (Å²) in [5.74, 6) is -0.341. The van der Waals surface area contributed by atoms with Gasteiger partial charge >= 0.3 is 0 Å². The fourth-order valence-corrected chi connectivity index (χ4v) is 4.47. The van der Waals surface area contributed by atoms with Crippen LogP contribution in [0.5, 0.6) is 0 Å². The van der Waals surface area contributed by atoms with Crippen LogP contribution in [0.2, 0.25) is 0 Å². The van der Waals surface area contributed by atoms with Crippen molar-refractivity contribution in [3.8, 4) is 5.69 Å². The molecule has 1 aliphatic carbocycles. The summed E-state index contributed by atoms with van der Waals surface area (Å²) in [6.45, 7) is 2.85. The number of aromatic nitrogens is 2. The number of para-hydroxylation sites is 1. The molecule has 0 spiro atoms. The molecule has 2 aromatic rings. The van der Waals surface area contributed by atoms with Gasteiger partial charge in [0.2, 0.25) is 5.91 Å². The number of carbonyl (C=O) groups excluding carboxylic acids is 2. The highest BCUT2D eigenvalue weighted by atomic mass is 19.1. The van der Waals surface area contributed by atoms with Crippen molar-refractivity contribution in [1.82, 2.24) is 24.5 Å². The summed E-state index contributed by atoms with van der Waals surface area (Å²) in [5.41, 5.74) is 0.747. The molecular weight excluding hydrogens is 397 g/mol. The van der Waals surface area contributed by atoms with Gasteiger partial charge in [-0.1, -0.05) is 31.4 Å². The zero-order valence-electron chi connectivity index (χ0n) is 18.0. The maximum Gasteiger partial charge on any atom is 0.257 e. The lowest BCUT2D eigenvalue weighted by atomic mass is 9.94. The van der Waals surface area contributed by atoms with Crippen LogP contribution in [-0.2, 0) is 4.79 Å². The van der Waals surface area contributed by atoms with Crippen LogP contribution in [0.15, 0.2) is 36.7 Å². The Kier molecular flexibility index (Phi) is 6.65. The Morgan fingerprint density at radius 3 is 2.52 bits per heavy atom. The average molecular weight is 428 g/mol. The molecule has 1 saturated carbocycles. The van der Waals surface area contributed by atoms with Gasteiger partial charge in [0.05, 0.1) is 18.3 Å². The lowest BCUT2D eigenvalue weighted by molar-refractivity contribution is -0.134. The molecule has 7 nitrogen and oxygen atoms in total. The van der Waals surface area contributed by atoms with Gasteiger partial charge in [0.25, 0.3) is 5.91 Å². The fourth-order valence-electron chi connectivity index (χ4n) is 4.47. The van der Waals surface area contributed by atoms with E-state index in [2.05, 4.69) is 10.00 Å². The number of nitrogens with zero attached hydrogens (tertiary/aromatic N) is 5. The maximum absolute atomic E-state index is 14.0. The number of rotatable bonds is 5. The van der Waals surface area contributed by atoms with Crippen molar-refractivity contribution in [2.24, 2.45) is 0 Å². The molecule has 4 rings (SSSR count). The van der Waals surface area contributed by atoms with Crippen LogP contribution >= 0.6 is 0 Å². The fraction of sp³-hybridized carbons (Fsp3) is 0.522. The van der Waals surface area contributed by atoms with Crippen molar-refractivity contribution in [2.45, 2.75) is 38.1 Å². The van der Waals surface area contributed by atoms with Gasteiger partial charge in [0, 0.05) is 45.5 Å². The summed E-state index contributed by atoms with van der Waals surface area (Å²) in [4.78, 5) is 31.3. The smallest absolute Gasteiger partial charge is 0.257 e. The van der Waals surface area contributed by atoms with Crippen LogP contribution < -0.4 is 0 Å². The molecule has 2 aliphatic rings. The zero-order chi connectivity index (χ0) is 21.8. The average Bonchev–Trinajstić information content (AvgIpc) is 3.29. The number of carbonyl (C=O) groups is 2. The highest BCUT2D eigenvalue weighted by Gasteiger charge is 2.27. The minimum Gasteiger partial charge on any atom is -0.342 e. The number of hydrogen-bond acceptors (Lipinski definition) is 4. The lowest BCUT2D eigenvalue weighted by Crippen LogP contribution is -2.52. The SMILES string of the molecule is CN(C(=O)CN1CCN(C(=O)c2cnn(-c3ccccc3F)c2)CC1)C1CCCCC1. The van der Waals surface area contributed by atoms with E-state index in [9.17, 15) is 14.0 Å². The molecule has 1 aromatic heterocycles. The van der Waals surface area contributed by atoms with E-state index in [1.165, 1.54) is 36.2 Å². The van der Waals surface area contributed by atoms with Crippen LogP contribution in [0.4, 0.5) is 4.39 Å². The minimum absolute atomic E-state index is 0.118. The van der Waals surface area contributed by atoms with Crippen molar-refractivity contribution < 1.29 is 14.0 Å². The van der Waals surface area contributed by atoms with Crippen LogP contribution in [-0.4, -0.2) is 82.1 Å². The van der Waals surface area contributed by atoms with E-state index in [-0.39, 0.29) is 17.6 Å². The van der Waals surface area contributed by atoms with Gasteiger partial charge in [0.15, 0.2) is 0 Å². The quantitative estimate of drug-likeness (QED) is 0.736. The van der Waals surface area contributed by atoms with E-state index in [1.807, 2.05) is 11.9 Å².